The van der Waals surface area contributed by atoms with Crippen LogP contribution in [-0.4, -0.2) is 13.2 Å². The Kier molecular flexibility index (Phi) is 6.61. The molecule has 1 N–H and O–H groups in total. The van der Waals surface area contributed by atoms with E-state index in [1.807, 2.05) is 0 Å². The summed E-state index contributed by atoms with van der Waals surface area (Å²) in [6.07, 6.45) is 3.55. The van der Waals surface area contributed by atoms with Gasteiger partial charge in [-0.15, -0.1) is 0 Å². The van der Waals surface area contributed by atoms with Crippen LogP contribution in [0.25, 0.3) is 0 Å². The number of phenolic OH excluding ortho intramolecular Hbond substituents is 1. The van der Waals surface area contributed by atoms with Crippen LogP contribution in [0, 0.1) is 0 Å². The highest BCUT2D eigenvalue weighted by atomic mass is 79.9. The highest BCUT2D eigenvalue weighted by Crippen LogP contribution is 2.30. The predicted molar refractivity (Wildman–Crippen MR) is 91.2 cm³/mol. The third-order valence-corrected chi connectivity index (χ3v) is 10.7. The lowest BCUT2D eigenvalue weighted by Crippen LogP contribution is -2.46. The molecule has 0 aliphatic carbocycles. The smallest absolute Gasteiger partial charge is 0.129 e. The quantitative estimate of drug-likeness (QED) is 0.674. The Morgan fingerprint density at radius 3 is 2.11 bits per heavy atom. The van der Waals surface area contributed by atoms with Gasteiger partial charge in [-0.05, 0) is 45.6 Å². The van der Waals surface area contributed by atoms with E-state index < -0.39 is 8.07 Å². The molecule has 0 aliphatic rings. The molecular formula is C16H27BrOSi. The average molecular weight is 343 g/mol. The molecule has 1 aromatic carbocycles. The van der Waals surface area contributed by atoms with Crippen LogP contribution in [0.4, 0.5) is 0 Å². The first-order valence-electron chi connectivity index (χ1n) is 7.56. The van der Waals surface area contributed by atoms with Crippen molar-refractivity contribution in [2.75, 3.05) is 0 Å². The fourth-order valence-corrected chi connectivity index (χ4v) is 7.37. The van der Waals surface area contributed by atoms with Crippen molar-refractivity contribution in [2.45, 2.75) is 65.1 Å². The Balaban J connectivity index is 3.27. The van der Waals surface area contributed by atoms with Gasteiger partial charge in [0.25, 0.3) is 0 Å². The zero-order valence-electron chi connectivity index (χ0n) is 12.7. The van der Waals surface area contributed by atoms with Gasteiger partial charge in [-0.3, -0.25) is 0 Å². The lowest BCUT2D eigenvalue weighted by Gasteiger charge is -2.30. The first kappa shape index (κ1) is 16.8. The summed E-state index contributed by atoms with van der Waals surface area (Å²) in [6.45, 7) is 9.07. The van der Waals surface area contributed by atoms with E-state index in [4.69, 9.17) is 0 Å². The van der Waals surface area contributed by atoms with Gasteiger partial charge in [0.05, 0.1) is 12.5 Å². The molecule has 0 aromatic heterocycles. The second-order valence-corrected chi connectivity index (χ2v) is 11.5. The van der Waals surface area contributed by atoms with Crippen LogP contribution in [0.3, 0.4) is 0 Å². The largest absolute Gasteiger partial charge is 0.507 e. The maximum Gasteiger partial charge on any atom is 0.129 e. The first-order valence-corrected chi connectivity index (χ1v) is 11.0. The van der Waals surface area contributed by atoms with Gasteiger partial charge in [-0.2, -0.15) is 0 Å². The minimum atomic E-state index is -1.52. The monoisotopic (exact) mass is 342 g/mol. The third-order valence-electron chi connectivity index (χ3n) is 4.54. The molecule has 0 atom stereocenters. The lowest BCUT2D eigenvalue weighted by atomic mass is 10.1. The lowest BCUT2D eigenvalue weighted by molar-refractivity contribution is 0.475. The normalized spacial score (nSPS) is 11.8. The van der Waals surface area contributed by atoms with E-state index in [1.165, 1.54) is 41.7 Å². The second-order valence-electron chi connectivity index (χ2n) is 5.42. The first-order chi connectivity index (χ1) is 9.04. The standard InChI is InChI=1S/C16H27BrOSi/c1-5-9-10-13-11-14(17)16(18)15(12-13)19(6-2,7-3)8-4/h11-12,18H,5-10H2,1-4H3. The molecule has 0 fully saturated rings. The fourth-order valence-electron chi connectivity index (χ4n) is 2.91. The van der Waals surface area contributed by atoms with E-state index in [-0.39, 0.29) is 0 Å². The Morgan fingerprint density at radius 2 is 1.63 bits per heavy atom. The second kappa shape index (κ2) is 7.49. The zero-order chi connectivity index (χ0) is 14.5. The van der Waals surface area contributed by atoms with Crippen LogP contribution in [0.1, 0.15) is 46.1 Å². The van der Waals surface area contributed by atoms with E-state index in [0.717, 1.165) is 10.9 Å². The van der Waals surface area contributed by atoms with E-state index >= 15 is 0 Å². The minimum absolute atomic E-state index is 0.498. The van der Waals surface area contributed by atoms with Gasteiger partial charge in [-0.1, -0.05) is 58.3 Å². The molecule has 108 valence electrons. The number of aryl methyl sites for hydroxylation is 1. The van der Waals surface area contributed by atoms with Crippen LogP contribution < -0.4 is 5.19 Å². The molecule has 1 rings (SSSR count). The van der Waals surface area contributed by atoms with E-state index in [9.17, 15) is 5.11 Å². The molecule has 0 saturated heterocycles. The molecule has 0 bridgehead atoms. The number of hydrogen-bond donors (Lipinski definition) is 1. The molecule has 0 unspecified atom stereocenters. The predicted octanol–water partition coefficient (Wildman–Crippen LogP) is 5.21. The molecule has 0 aliphatic heterocycles. The van der Waals surface area contributed by atoms with Gasteiger partial charge in [0, 0.05) is 0 Å². The topological polar surface area (TPSA) is 20.2 Å². The van der Waals surface area contributed by atoms with Crippen LogP contribution in [-0.2, 0) is 6.42 Å². The van der Waals surface area contributed by atoms with Crippen molar-refractivity contribution < 1.29 is 5.11 Å². The van der Waals surface area contributed by atoms with Crippen molar-refractivity contribution in [1.82, 2.24) is 0 Å². The summed E-state index contributed by atoms with van der Waals surface area (Å²) in [4.78, 5) is 0. The summed E-state index contributed by atoms with van der Waals surface area (Å²) in [5.41, 5.74) is 1.37. The fraction of sp³-hybridized carbons (Fsp3) is 0.625. The van der Waals surface area contributed by atoms with Crippen LogP contribution in [0.15, 0.2) is 16.6 Å². The van der Waals surface area contributed by atoms with Crippen molar-refractivity contribution in [2.24, 2.45) is 0 Å². The molecule has 19 heavy (non-hydrogen) atoms. The molecule has 0 saturated carbocycles. The number of hydrogen-bond acceptors (Lipinski definition) is 1. The number of rotatable bonds is 7. The minimum Gasteiger partial charge on any atom is -0.507 e. The highest BCUT2D eigenvalue weighted by Gasteiger charge is 2.32. The molecule has 0 amide bonds. The summed E-state index contributed by atoms with van der Waals surface area (Å²) in [6, 6.07) is 8.00. The maximum atomic E-state index is 10.5. The van der Waals surface area contributed by atoms with Crippen LogP contribution in [0.5, 0.6) is 5.75 Å². The zero-order valence-corrected chi connectivity index (χ0v) is 15.3. The molecule has 0 heterocycles. The Hall–Kier alpha value is -0.283. The Morgan fingerprint density at radius 1 is 1.05 bits per heavy atom. The van der Waals surface area contributed by atoms with E-state index in [1.54, 1.807) is 0 Å². The van der Waals surface area contributed by atoms with Crippen LogP contribution >= 0.6 is 15.9 Å². The van der Waals surface area contributed by atoms with Gasteiger partial charge in [-0.25, -0.2) is 0 Å². The molecule has 0 spiro atoms. The van der Waals surface area contributed by atoms with Gasteiger partial charge < -0.3 is 5.11 Å². The number of phenols is 1. The molecule has 1 nitrogen and oxygen atoms in total. The average Bonchev–Trinajstić information content (AvgIpc) is 2.43. The van der Waals surface area contributed by atoms with E-state index in [0.29, 0.717) is 5.75 Å². The van der Waals surface area contributed by atoms with E-state index in [2.05, 4.69) is 55.8 Å². The van der Waals surface area contributed by atoms with Crippen molar-refractivity contribution in [3.05, 3.63) is 22.2 Å². The van der Waals surface area contributed by atoms with Crippen LogP contribution in [0.2, 0.25) is 18.1 Å². The third kappa shape index (κ3) is 3.63. The van der Waals surface area contributed by atoms with Crippen molar-refractivity contribution in [3.8, 4) is 5.75 Å². The van der Waals surface area contributed by atoms with Crippen molar-refractivity contribution >= 4 is 29.2 Å². The van der Waals surface area contributed by atoms with Gasteiger partial charge >= 0.3 is 0 Å². The number of unbranched alkanes of at least 4 members (excludes halogenated alkanes) is 1. The molecule has 1 aromatic rings. The molecule has 0 radical (unpaired) electrons. The summed E-state index contributed by atoms with van der Waals surface area (Å²) in [5.74, 6) is 0.498. The summed E-state index contributed by atoms with van der Waals surface area (Å²) >= 11 is 3.54. The summed E-state index contributed by atoms with van der Waals surface area (Å²) in [7, 11) is -1.52. The van der Waals surface area contributed by atoms with Crippen molar-refractivity contribution in [3.63, 3.8) is 0 Å². The molecular weight excluding hydrogens is 316 g/mol. The number of halogens is 1. The maximum absolute atomic E-state index is 10.5. The Bertz CT molecular complexity index is 405. The summed E-state index contributed by atoms with van der Waals surface area (Å²) < 4.78 is 0.878. The van der Waals surface area contributed by atoms with Crippen molar-refractivity contribution in [1.29, 1.82) is 0 Å². The SMILES string of the molecule is CCCCc1cc(Br)c(O)c([Si](CC)(CC)CC)c1. The Labute approximate surface area is 127 Å². The number of benzene rings is 1. The molecule has 3 heteroatoms. The highest BCUT2D eigenvalue weighted by molar-refractivity contribution is 9.10. The summed E-state index contributed by atoms with van der Waals surface area (Å²) in [5, 5.41) is 11.7. The van der Waals surface area contributed by atoms with Gasteiger partial charge in [0.1, 0.15) is 5.75 Å². The van der Waals surface area contributed by atoms with Gasteiger partial charge in [0.15, 0.2) is 0 Å². The number of aromatic hydroxyl groups is 1. The van der Waals surface area contributed by atoms with Gasteiger partial charge in [0.2, 0.25) is 0 Å².